The number of carbonyl (C=O) groups is 1. The number of amides is 1. The highest BCUT2D eigenvalue weighted by Gasteiger charge is 2.42. The van der Waals surface area contributed by atoms with Crippen LogP contribution in [0.4, 0.5) is 50.0 Å². The van der Waals surface area contributed by atoms with Gasteiger partial charge in [0.05, 0.1) is 54.8 Å². The zero-order valence-electron chi connectivity index (χ0n) is 26.4. The highest BCUT2D eigenvalue weighted by atomic mass is 19.4. The molecule has 0 bridgehead atoms. The van der Waals surface area contributed by atoms with E-state index in [9.17, 15) is 44.3 Å². The minimum absolute atomic E-state index is 0.0141. The molecule has 9 nitrogen and oxygen atoms in total. The maximum absolute atomic E-state index is 13.9. The van der Waals surface area contributed by atoms with Crippen LogP contribution in [-0.2, 0) is 39.4 Å². The molecule has 2 aromatic carbocycles. The van der Waals surface area contributed by atoms with Crippen LogP contribution in [0.5, 0.6) is 0 Å². The van der Waals surface area contributed by atoms with Crippen molar-refractivity contribution in [3.05, 3.63) is 64.2 Å². The van der Waals surface area contributed by atoms with E-state index in [0.717, 1.165) is 17.2 Å². The lowest BCUT2D eigenvalue weighted by molar-refractivity contribution is -0.145. The Balaban J connectivity index is 1.53. The molecule has 0 spiro atoms. The number of halogens is 9. The quantitative estimate of drug-likeness (QED) is 0.311. The number of hydroxylamine groups is 2. The molecule has 5 rings (SSSR count). The number of nitrogens with one attached hydrogen (secondary N) is 1. The van der Waals surface area contributed by atoms with Crippen LogP contribution >= 0.6 is 0 Å². The molecule has 3 atom stereocenters. The van der Waals surface area contributed by atoms with Gasteiger partial charge in [-0.15, -0.1) is 0 Å². The van der Waals surface area contributed by atoms with Crippen molar-refractivity contribution in [2.24, 2.45) is 4.99 Å². The van der Waals surface area contributed by atoms with Gasteiger partial charge in [0.2, 0.25) is 5.96 Å². The number of morpholine rings is 1. The molecule has 1 amide bonds. The molecule has 1 saturated heterocycles. The van der Waals surface area contributed by atoms with E-state index in [1.54, 1.807) is 13.8 Å². The molecule has 49 heavy (non-hydrogen) atoms. The van der Waals surface area contributed by atoms with Crippen molar-refractivity contribution in [1.29, 1.82) is 0 Å². The van der Waals surface area contributed by atoms with Crippen LogP contribution in [0.25, 0.3) is 0 Å². The first-order chi connectivity index (χ1) is 23.0. The van der Waals surface area contributed by atoms with Crippen LogP contribution in [0, 0.1) is 0 Å². The zero-order chi connectivity index (χ0) is 35.7. The number of nitrogens with zero attached hydrogens (tertiary/aromatic N) is 4. The van der Waals surface area contributed by atoms with Crippen LogP contribution < -0.4 is 10.2 Å². The fraction of sp³-hybridized carbons (Fsp3) is 0.548. The molecule has 270 valence electrons. The first-order valence-electron chi connectivity index (χ1n) is 15.5. The lowest BCUT2D eigenvalue weighted by atomic mass is 9.89. The lowest BCUT2D eigenvalue weighted by Crippen LogP contribution is -2.49. The molecule has 0 radical (unpaired) electrons. The highest BCUT2D eigenvalue weighted by Crippen LogP contribution is 2.43. The fourth-order valence-corrected chi connectivity index (χ4v) is 6.01. The Bertz CT molecular complexity index is 1490. The van der Waals surface area contributed by atoms with E-state index in [4.69, 9.17) is 14.3 Å². The SMILES string of the molecule is CCOC(=O)N1c2ccc(C(F)(F)F)cc2[C@@H](NC2=NC(CN3CCOCC3)ON2Cc2cc(C(F)(F)F)cc(C(F)(F)F)c2)C[C@H]1CC. The number of carbonyl (C=O) groups excluding carboxylic acids is 1. The molecule has 1 fully saturated rings. The number of aliphatic imine (C=N–C) groups is 1. The highest BCUT2D eigenvalue weighted by molar-refractivity contribution is 5.91. The van der Waals surface area contributed by atoms with Gasteiger partial charge in [-0.1, -0.05) is 6.92 Å². The summed E-state index contributed by atoms with van der Waals surface area (Å²) in [6, 6.07) is 2.56. The Kier molecular flexibility index (Phi) is 10.6. The molecule has 18 heteroatoms. The number of benzene rings is 2. The number of fused-ring (bicyclic) bond motifs is 1. The summed E-state index contributed by atoms with van der Waals surface area (Å²) in [5.41, 5.74) is -4.22. The molecule has 0 aliphatic carbocycles. The second-order valence-corrected chi connectivity index (χ2v) is 11.7. The van der Waals surface area contributed by atoms with Crippen molar-refractivity contribution in [2.45, 2.75) is 70.1 Å². The lowest BCUT2D eigenvalue weighted by Gasteiger charge is -2.41. The Morgan fingerprint density at radius 2 is 1.55 bits per heavy atom. The Morgan fingerprint density at radius 3 is 2.12 bits per heavy atom. The van der Waals surface area contributed by atoms with Crippen LogP contribution in [-0.4, -0.2) is 73.7 Å². The van der Waals surface area contributed by atoms with E-state index in [0.29, 0.717) is 44.9 Å². The summed E-state index contributed by atoms with van der Waals surface area (Å²) in [7, 11) is 0. The van der Waals surface area contributed by atoms with Crippen LogP contribution in [0.2, 0.25) is 0 Å². The fourth-order valence-electron chi connectivity index (χ4n) is 6.01. The van der Waals surface area contributed by atoms with Crippen LogP contribution in [0.1, 0.15) is 60.5 Å². The maximum Gasteiger partial charge on any atom is 0.416 e. The smallest absolute Gasteiger partial charge is 0.416 e. The van der Waals surface area contributed by atoms with Crippen molar-refractivity contribution in [1.82, 2.24) is 15.3 Å². The van der Waals surface area contributed by atoms with Gasteiger partial charge in [0, 0.05) is 25.7 Å². The molecule has 2 aromatic rings. The Labute approximate surface area is 275 Å². The summed E-state index contributed by atoms with van der Waals surface area (Å²) >= 11 is 0. The van der Waals surface area contributed by atoms with Gasteiger partial charge in [-0.2, -0.15) is 39.5 Å². The number of rotatable bonds is 7. The average Bonchev–Trinajstić information content (AvgIpc) is 3.39. The number of hydrogen-bond donors (Lipinski definition) is 1. The largest absolute Gasteiger partial charge is 0.449 e. The van der Waals surface area contributed by atoms with Gasteiger partial charge < -0.3 is 14.8 Å². The third kappa shape index (κ3) is 8.52. The molecular weight excluding hydrogens is 677 g/mol. The van der Waals surface area contributed by atoms with E-state index < -0.39 is 71.7 Å². The summed E-state index contributed by atoms with van der Waals surface area (Å²) in [5.74, 6) is -0.114. The number of anilines is 1. The van der Waals surface area contributed by atoms with Crippen LogP contribution in [0.15, 0.2) is 41.4 Å². The number of ether oxygens (including phenoxy) is 2. The van der Waals surface area contributed by atoms with Gasteiger partial charge in [0.1, 0.15) is 0 Å². The number of guanidine groups is 1. The molecule has 0 aromatic heterocycles. The molecular formula is C31H34F9N5O4. The van der Waals surface area contributed by atoms with Crippen molar-refractivity contribution in [3.63, 3.8) is 0 Å². The summed E-state index contributed by atoms with van der Waals surface area (Å²) in [6.07, 6.45) is -16.2. The van der Waals surface area contributed by atoms with Gasteiger partial charge in [0.15, 0.2) is 6.23 Å². The van der Waals surface area contributed by atoms with Crippen LogP contribution in [0.3, 0.4) is 0 Å². The predicted molar refractivity (Wildman–Crippen MR) is 157 cm³/mol. The van der Waals surface area contributed by atoms with Gasteiger partial charge >= 0.3 is 24.6 Å². The monoisotopic (exact) mass is 711 g/mol. The van der Waals surface area contributed by atoms with Gasteiger partial charge in [-0.05, 0) is 67.3 Å². The molecule has 1 N–H and O–H groups in total. The Hall–Kier alpha value is -3.77. The number of hydrogen-bond acceptors (Lipinski definition) is 8. The summed E-state index contributed by atoms with van der Waals surface area (Å²) < 4.78 is 134. The normalized spacial score (nSPS) is 22.2. The first kappa shape index (κ1) is 36.5. The van der Waals surface area contributed by atoms with E-state index in [-0.39, 0.29) is 42.8 Å². The molecule has 3 heterocycles. The van der Waals surface area contributed by atoms with Crippen molar-refractivity contribution in [3.8, 4) is 0 Å². The van der Waals surface area contributed by atoms with Crippen molar-refractivity contribution < 1.29 is 58.6 Å². The average molecular weight is 712 g/mol. The van der Waals surface area contributed by atoms with Gasteiger partial charge in [-0.25, -0.2) is 19.7 Å². The van der Waals surface area contributed by atoms with Gasteiger partial charge in [-0.3, -0.25) is 9.80 Å². The van der Waals surface area contributed by atoms with E-state index in [2.05, 4.69) is 10.3 Å². The minimum Gasteiger partial charge on any atom is -0.449 e. The van der Waals surface area contributed by atoms with Crippen molar-refractivity contribution >= 4 is 17.7 Å². The molecule has 1 unspecified atom stereocenters. The standard InChI is InChI=1S/C31H34F9N5O4/c1-3-22-15-24(23-14-19(29(32,33)34)5-6-25(23)45(22)28(46)48-4-2)41-27-42-26(17-43-7-9-47-10-8-43)49-44(27)16-18-11-20(30(35,36)37)13-21(12-18)31(38,39)40/h5-6,11-14,22,24,26H,3-4,7-10,15-17H2,1-2H3,(H,41,42)/t22-,24+,26?/m1/s1. The van der Waals surface area contributed by atoms with E-state index in [1.165, 1.54) is 11.0 Å². The van der Waals surface area contributed by atoms with Crippen molar-refractivity contribution in [2.75, 3.05) is 44.4 Å². The van der Waals surface area contributed by atoms with E-state index in [1.807, 2.05) is 4.90 Å². The first-order valence-corrected chi connectivity index (χ1v) is 15.5. The third-order valence-corrected chi connectivity index (χ3v) is 8.34. The summed E-state index contributed by atoms with van der Waals surface area (Å²) in [6.45, 7) is 4.82. The topological polar surface area (TPSA) is 78.9 Å². The molecule has 3 aliphatic heterocycles. The summed E-state index contributed by atoms with van der Waals surface area (Å²) in [4.78, 5) is 26.7. The molecule has 0 saturated carbocycles. The second-order valence-electron chi connectivity index (χ2n) is 11.7. The second kappa shape index (κ2) is 14.2. The third-order valence-electron chi connectivity index (χ3n) is 8.34. The molecule has 3 aliphatic rings. The summed E-state index contributed by atoms with van der Waals surface area (Å²) in [5, 5.41) is 4.06. The van der Waals surface area contributed by atoms with Gasteiger partial charge in [0.25, 0.3) is 0 Å². The predicted octanol–water partition coefficient (Wildman–Crippen LogP) is 6.98. The minimum atomic E-state index is -5.09. The number of alkyl halides is 9. The van der Waals surface area contributed by atoms with E-state index >= 15 is 0 Å². The maximum atomic E-state index is 13.9. The Morgan fingerprint density at radius 1 is 0.918 bits per heavy atom. The zero-order valence-corrected chi connectivity index (χ0v) is 26.4.